The lowest BCUT2D eigenvalue weighted by molar-refractivity contribution is -0.140. The first-order valence-corrected chi connectivity index (χ1v) is 8.69. The predicted molar refractivity (Wildman–Crippen MR) is 93.9 cm³/mol. The molecule has 5 nitrogen and oxygen atoms in total. The second kappa shape index (κ2) is 7.05. The van der Waals surface area contributed by atoms with Gasteiger partial charge in [-0.2, -0.15) is 0 Å². The molecule has 0 saturated carbocycles. The van der Waals surface area contributed by atoms with E-state index >= 15 is 0 Å². The molecule has 6 heteroatoms. The zero-order valence-electron chi connectivity index (χ0n) is 13.2. The number of ether oxygens (including phenoxy) is 1. The van der Waals surface area contributed by atoms with Crippen LogP contribution in [-0.2, 0) is 19.1 Å². The number of benzene rings is 2. The fourth-order valence-electron chi connectivity index (χ4n) is 2.71. The molecule has 0 spiro atoms. The summed E-state index contributed by atoms with van der Waals surface area (Å²) in [6.07, 6.45) is 0.395. The molecule has 2 aromatic rings. The Hall–Kier alpha value is -2.34. The molecule has 2 aromatic carbocycles. The molecule has 0 bridgehead atoms. The van der Waals surface area contributed by atoms with Crippen LogP contribution in [0.15, 0.2) is 42.5 Å². The van der Waals surface area contributed by atoms with Crippen molar-refractivity contribution in [2.75, 3.05) is 17.8 Å². The van der Waals surface area contributed by atoms with Gasteiger partial charge in [-0.15, -0.1) is 11.8 Å². The second-order valence-corrected chi connectivity index (χ2v) is 6.80. The lowest BCUT2D eigenvalue weighted by Crippen LogP contribution is -2.31. The van der Waals surface area contributed by atoms with Gasteiger partial charge in [-0.25, -0.2) is 4.90 Å². The minimum absolute atomic E-state index is 0.164. The third-order valence-corrected chi connectivity index (χ3v) is 5.16. The number of amides is 2. The Kier molecular flexibility index (Phi) is 4.85. The van der Waals surface area contributed by atoms with Crippen LogP contribution < -0.4 is 4.90 Å². The second-order valence-electron chi connectivity index (χ2n) is 5.49. The molecule has 0 aromatic heterocycles. The molecule has 1 heterocycles. The van der Waals surface area contributed by atoms with Crippen LogP contribution in [0.5, 0.6) is 0 Å². The van der Waals surface area contributed by atoms with E-state index in [1.807, 2.05) is 36.4 Å². The summed E-state index contributed by atoms with van der Waals surface area (Å²) in [5.41, 5.74) is 0.597. The standard InChI is InChI=1S/C18H17NO4S/c1-23-17(21)8-9-24-15-11-16(20)19(18(15)22)14-7-6-12-4-2-3-5-13(12)10-14/h2-7,10,15H,8-9,11H2,1H3/t15-/m1/s1. The Balaban J connectivity index is 1.74. The van der Waals surface area contributed by atoms with Crippen LogP contribution in [0.25, 0.3) is 10.8 Å². The molecule has 0 radical (unpaired) electrons. The van der Waals surface area contributed by atoms with E-state index in [0.717, 1.165) is 10.8 Å². The number of thioether (sulfide) groups is 1. The van der Waals surface area contributed by atoms with E-state index in [4.69, 9.17) is 0 Å². The normalized spacial score (nSPS) is 17.5. The Bertz CT molecular complexity index is 804. The fourth-order valence-corrected chi connectivity index (χ4v) is 3.79. The number of anilines is 1. The van der Waals surface area contributed by atoms with Gasteiger partial charge in [0.2, 0.25) is 11.8 Å². The Morgan fingerprint density at radius 2 is 1.96 bits per heavy atom. The molecule has 2 amide bonds. The van der Waals surface area contributed by atoms with Gasteiger partial charge in [0, 0.05) is 12.2 Å². The average molecular weight is 343 g/mol. The zero-order chi connectivity index (χ0) is 17.1. The molecule has 1 aliphatic rings. The van der Waals surface area contributed by atoms with Crippen molar-refractivity contribution >= 4 is 46.0 Å². The van der Waals surface area contributed by atoms with E-state index in [1.165, 1.54) is 23.8 Å². The maximum Gasteiger partial charge on any atom is 0.306 e. The molecule has 24 heavy (non-hydrogen) atoms. The van der Waals surface area contributed by atoms with Gasteiger partial charge < -0.3 is 4.74 Å². The van der Waals surface area contributed by atoms with E-state index in [9.17, 15) is 14.4 Å². The highest BCUT2D eigenvalue weighted by Gasteiger charge is 2.39. The summed E-state index contributed by atoms with van der Waals surface area (Å²) in [6.45, 7) is 0. The van der Waals surface area contributed by atoms with Crippen LogP contribution in [0.1, 0.15) is 12.8 Å². The van der Waals surface area contributed by atoms with Crippen molar-refractivity contribution in [2.24, 2.45) is 0 Å². The largest absolute Gasteiger partial charge is 0.469 e. The fraction of sp³-hybridized carbons (Fsp3) is 0.278. The third kappa shape index (κ3) is 3.28. The number of imide groups is 1. The van der Waals surface area contributed by atoms with Crippen molar-refractivity contribution in [3.8, 4) is 0 Å². The van der Waals surface area contributed by atoms with Crippen molar-refractivity contribution in [3.05, 3.63) is 42.5 Å². The number of hydrogen-bond acceptors (Lipinski definition) is 5. The molecule has 0 unspecified atom stereocenters. The van der Waals surface area contributed by atoms with Crippen LogP contribution in [-0.4, -0.2) is 35.9 Å². The van der Waals surface area contributed by atoms with Gasteiger partial charge in [0.05, 0.1) is 24.5 Å². The summed E-state index contributed by atoms with van der Waals surface area (Å²) < 4.78 is 4.58. The number of carbonyl (C=O) groups excluding carboxylic acids is 3. The van der Waals surface area contributed by atoms with E-state index in [0.29, 0.717) is 11.4 Å². The number of nitrogens with zero attached hydrogens (tertiary/aromatic N) is 1. The Morgan fingerprint density at radius 1 is 1.21 bits per heavy atom. The molecule has 1 fully saturated rings. The van der Waals surface area contributed by atoms with Gasteiger partial charge in [-0.05, 0) is 22.9 Å². The van der Waals surface area contributed by atoms with Crippen LogP contribution in [0, 0.1) is 0 Å². The molecule has 3 rings (SSSR count). The van der Waals surface area contributed by atoms with Crippen molar-refractivity contribution < 1.29 is 19.1 Å². The minimum Gasteiger partial charge on any atom is -0.469 e. The summed E-state index contributed by atoms with van der Waals surface area (Å²) in [5, 5.41) is 1.61. The first-order chi connectivity index (χ1) is 11.6. The summed E-state index contributed by atoms with van der Waals surface area (Å²) in [4.78, 5) is 37.2. The van der Waals surface area contributed by atoms with Crippen molar-refractivity contribution in [1.82, 2.24) is 0 Å². The predicted octanol–water partition coefficient (Wildman–Crippen LogP) is 2.77. The van der Waals surface area contributed by atoms with Crippen molar-refractivity contribution in [2.45, 2.75) is 18.1 Å². The molecule has 124 valence electrons. The summed E-state index contributed by atoms with van der Waals surface area (Å²) >= 11 is 1.33. The summed E-state index contributed by atoms with van der Waals surface area (Å²) in [6, 6.07) is 13.4. The van der Waals surface area contributed by atoms with E-state index in [-0.39, 0.29) is 30.6 Å². The number of hydrogen-bond donors (Lipinski definition) is 0. The number of fused-ring (bicyclic) bond motifs is 1. The Morgan fingerprint density at radius 3 is 2.71 bits per heavy atom. The summed E-state index contributed by atoms with van der Waals surface area (Å²) in [5.74, 6) is -0.274. The molecule has 1 aliphatic heterocycles. The monoisotopic (exact) mass is 343 g/mol. The highest BCUT2D eigenvalue weighted by atomic mass is 32.2. The molecule has 1 atom stereocenters. The topological polar surface area (TPSA) is 63.7 Å². The maximum atomic E-state index is 12.6. The van der Waals surface area contributed by atoms with Crippen molar-refractivity contribution in [3.63, 3.8) is 0 Å². The first kappa shape index (κ1) is 16.5. The smallest absolute Gasteiger partial charge is 0.306 e. The van der Waals surface area contributed by atoms with Crippen LogP contribution >= 0.6 is 11.8 Å². The van der Waals surface area contributed by atoms with Gasteiger partial charge in [0.25, 0.3) is 0 Å². The van der Waals surface area contributed by atoms with Crippen LogP contribution in [0.3, 0.4) is 0 Å². The first-order valence-electron chi connectivity index (χ1n) is 7.64. The quantitative estimate of drug-likeness (QED) is 0.617. The van der Waals surface area contributed by atoms with Crippen molar-refractivity contribution in [1.29, 1.82) is 0 Å². The van der Waals surface area contributed by atoms with Gasteiger partial charge in [0.15, 0.2) is 0 Å². The molecule has 0 N–H and O–H groups in total. The summed E-state index contributed by atoms with van der Waals surface area (Å²) in [7, 11) is 1.33. The number of methoxy groups -OCH3 is 1. The van der Waals surface area contributed by atoms with Gasteiger partial charge >= 0.3 is 5.97 Å². The van der Waals surface area contributed by atoms with E-state index in [2.05, 4.69) is 4.74 Å². The van der Waals surface area contributed by atoms with E-state index in [1.54, 1.807) is 6.07 Å². The average Bonchev–Trinajstić information content (AvgIpc) is 2.88. The van der Waals surface area contributed by atoms with Crippen LogP contribution in [0.2, 0.25) is 0 Å². The number of esters is 1. The van der Waals surface area contributed by atoms with Crippen LogP contribution in [0.4, 0.5) is 5.69 Å². The number of carbonyl (C=O) groups is 3. The third-order valence-electron chi connectivity index (χ3n) is 3.95. The minimum atomic E-state index is -0.436. The Labute approximate surface area is 144 Å². The van der Waals surface area contributed by atoms with E-state index < -0.39 is 5.25 Å². The molecule has 0 aliphatic carbocycles. The highest BCUT2D eigenvalue weighted by molar-refractivity contribution is 8.00. The van der Waals surface area contributed by atoms with Gasteiger partial charge in [0.1, 0.15) is 0 Å². The molecule has 1 saturated heterocycles. The molecular formula is C18H17NO4S. The number of rotatable bonds is 5. The molecular weight excluding hydrogens is 326 g/mol. The lowest BCUT2D eigenvalue weighted by atomic mass is 10.1. The highest BCUT2D eigenvalue weighted by Crippen LogP contribution is 2.31. The van der Waals surface area contributed by atoms with Gasteiger partial charge in [-0.1, -0.05) is 30.3 Å². The van der Waals surface area contributed by atoms with Gasteiger partial charge in [-0.3, -0.25) is 14.4 Å². The SMILES string of the molecule is COC(=O)CCS[C@@H]1CC(=O)N(c2ccc3ccccc3c2)C1=O. The lowest BCUT2D eigenvalue weighted by Gasteiger charge is -2.15. The zero-order valence-corrected chi connectivity index (χ0v) is 14.0. The maximum absolute atomic E-state index is 12.6.